The largest absolute Gasteiger partial charge is 0.384 e. The lowest BCUT2D eigenvalue weighted by atomic mass is 10.1. The summed E-state index contributed by atoms with van der Waals surface area (Å²) in [5.74, 6) is -0.348. The van der Waals surface area contributed by atoms with Gasteiger partial charge in [0.2, 0.25) is 10.0 Å². The van der Waals surface area contributed by atoms with E-state index in [4.69, 9.17) is 17.3 Å². The van der Waals surface area contributed by atoms with E-state index in [0.717, 1.165) is 6.26 Å². The Balaban J connectivity index is 2.75. The van der Waals surface area contributed by atoms with E-state index in [0.29, 0.717) is 0 Å². The molecule has 0 aliphatic carbocycles. The molecule has 4 N–H and O–H groups in total. The fraction of sp³-hybridized carbons (Fsp3) is 0.455. The van der Waals surface area contributed by atoms with Crippen LogP contribution >= 0.6 is 11.6 Å². The molecule has 0 radical (unpaired) electrons. The maximum absolute atomic E-state index is 11.9. The summed E-state index contributed by atoms with van der Waals surface area (Å²) in [6.45, 7) is 3.36. The molecule has 1 aromatic heterocycles. The second kappa shape index (κ2) is 5.94. The van der Waals surface area contributed by atoms with E-state index < -0.39 is 21.5 Å². The number of pyridine rings is 1. The number of carbonyl (C=O) groups is 1. The van der Waals surface area contributed by atoms with E-state index in [-0.39, 0.29) is 23.1 Å². The Labute approximate surface area is 123 Å². The highest BCUT2D eigenvalue weighted by molar-refractivity contribution is 7.88. The van der Waals surface area contributed by atoms with Gasteiger partial charge in [0.05, 0.1) is 11.3 Å². The monoisotopic (exact) mass is 320 g/mol. The van der Waals surface area contributed by atoms with Gasteiger partial charge in [-0.05, 0) is 26.0 Å². The molecule has 112 valence electrons. The predicted octanol–water partition coefficient (Wildman–Crippen LogP) is 0.375. The van der Waals surface area contributed by atoms with Crippen LogP contribution in [0, 0.1) is 0 Å². The SMILES string of the molecule is CC(C)(CNC(=O)c1nc(N)ccc1Cl)NS(C)(=O)=O. The first kappa shape index (κ1) is 16.7. The molecule has 7 nitrogen and oxygen atoms in total. The standard InChI is InChI=1S/C11H17ClN4O3S/c1-11(2,16-20(3,18)19)6-14-10(17)9-7(12)4-5-8(13)15-9/h4-5,16H,6H2,1-3H3,(H2,13,15)(H,14,17). The third-order valence-corrected chi connectivity index (χ3v) is 3.46. The zero-order valence-electron chi connectivity index (χ0n) is 11.4. The van der Waals surface area contributed by atoms with E-state index in [9.17, 15) is 13.2 Å². The molecule has 0 aliphatic heterocycles. The number of amides is 1. The van der Waals surface area contributed by atoms with Crippen LogP contribution in [-0.2, 0) is 10.0 Å². The van der Waals surface area contributed by atoms with Gasteiger partial charge in [0.1, 0.15) is 11.5 Å². The predicted molar refractivity (Wildman–Crippen MR) is 78.1 cm³/mol. The van der Waals surface area contributed by atoms with Crippen molar-refractivity contribution in [3.63, 3.8) is 0 Å². The first-order valence-electron chi connectivity index (χ1n) is 5.69. The number of rotatable bonds is 5. The maximum atomic E-state index is 11.9. The number of carbonyl (C=O) groups excluding carboxylic acids is 1. The quantitative estimate of drug-likeness (QED) is 0.725. The Morgan fingerprint density at radius 1 is 1.45 bits per heavy atom. The number of aromatic nitrogens is 1. The average Bonchev–Trinajstić information content (AvgIpc) is 2.26. The lowest BCUT2D eigenvalue weighted by molar-refractivity contribution is 0.0940. The van der Waals surface area contributed by atoms with Crippen LogP contribution in [0.2, 0.25) is 5.02 Å². The van der Waals surface area contributed by atoms with Crippen molar-refractivity contribution in [2.45, 2.75) is 19.4 Å². The van der Waals surface area contributed by atoms with Crippen molar-refractivity contribution < 1.29 is 13.2 Å². The average molecular weight is 321 g/mol. The Morgan fingerprint density at radius 3 is 2.60 bits per heavy atom. The van der Waals surface area contributed by atoms with Crippen LogP contribution in [0.5, 0.6) is 0 Å². The first-order chi connectivity index (χ1) is 9.00. The zero-order valence-corrected chi connectivity index (χ0v) is 13.0. The highest BCUT2D eigenvalue weighted by atomic mass is 35.5. The zero-order chi connectivity index (χ0) is 15.6. The van der Waals surface area contributed by atoms with Crippen molar-refractivity contribution in [3.05, 3.63) is 22.8 Å². The third-order valence-electron chi connectivity index (χ3n) is 2.24. The van der Waals surface area contributed by atoms with Gasteiger partial charge in [0.15, 0.2) is 0 Å². The number of anilines is 1. The number of sulfonamides is 1. The molecule has 1 rings (SSSR count). The summed E-state index contributed by atoms with van der Waals surface area (Å²) >= 11 is 5.86. The van der Waals surface area contributed by atoms with Crippen LogP contribution in [0.25, 0.3) is 0 Å². The number of nitrogen functional groups attached to an aromatic ring is 1. The normalized spacial score (nSPS) is 12.2. The lowest BCUT2D eigenvalue weighted by Crippen LogP contribution is -2.51. The summed E-state index contributed by atoms with van der Waals surface area (Å²) < 4.78 is 24.8. The summed E-state index contributed by atoms with van der Waals surface area (Å²) in [6.07, 6.45) is 1.05. The topological polar surface area (TPSA) is 114 Å². The fourth-order valence-electron chi connectivity index (χ4n) is 1.54. The van der Waals surface area contributed by atoms with Crippen molar-refractivity contribution >= 4 is 33.3 Å². The van der Waals surface area contributed by atoms with Gasteiger partial charge in [0.25, 0.3) is 5.91 Å². The second-order valence-corrected chi connectivity index (χ2v) is 7.16. The van der Waals surface area contributed by atoms with Gasteiger partial charge in [-0.15, -0.1) is 0 Å². The van der Waals surface area contributed by atoms with E-state index in [1.165, 1.54) is 12.1 Å². The van der Waals surface area contributed by atoms with Gasteiger partial charge >= 0.3 is 0 Å². The highest BCUT2D eigenvalue weighted by Gasteiger charge is 2.23. The van der Waals surface area contributed by atoms with Gasteiger partial charge in [-0.1, -0.05) is 11.6 Å². The molecule has 20 heavy (non-hydrogen) atoms. The van der Waals surface area contributed by atoms with Crippen molar-refractivity contribution in [2.24, 2.45) is 0 Å². The molecule has 9 heteroatoms. The van der Waals surface area contributed by atoms with Crippen molar-refractivity contribution in [1.82, 2.24) is 15.0 Å². The summed E-state index contributed by atoms with van der Waals surface area (Å²) in [5.41, 5.74) is 4.65. The Hall–Kier alpha value is -1.38. The summed E-state index contributed by atoms with van der Waals surface area (Å²) in [5, 5.41) is 2.73. The molecule has 1 aromatic rings. The molecule has 0 bridgehead atoms. The number of halogens is 1. The molecule has 1 heterocycles. The number of hydrogen-bond donors (Lipinski definition) is 3. The van der Waals surface area contributed by atoms with Crippen LogP contribution in [-0.4, -0.2) is 37.6 Å². The van der Waals surface area contributed by atoms with Crippen LogP contribution < -0.4 is 15.8 Å². The molecule has 0 atom stereocenters. The third kappa shape index (κ3) is 5.32. The molecule has 0 spiro atoms. The van der Waals surface area contributed by atoms with Gasteiger partial charge in [-0.25, -0.2) is 18.1 Å². The minimum absolute atomic E-state index is 0.00169. The number of hydrogen-bond acceptors (Lipinski definition) is 5. The smallest absolute Gasteiger partial charge is 0.271 e. The summed E-state index contributed by atoms with van der Waals surface area (Å²) in [6, 6.07) is 2.95. The molecular weight excluding hydrogens is 304 g/mol. The number of nitrogens with two attached hydrogens (primary N) is 1. The fourth-order valence-corrected chi connectivity index (χ4v) is 2.81. The van der Waals surface area contributed by atoms with Gasteiger partial charge in [-0.3, -0.25) is 4.79 Å². The van der Waals surface area contributed by atoms with Crippen molar-refractivity contribution in [2.75, 3.05) is 18.5 Å². The van der Waals surface area contributed by atoms with Crippen molar-refractivity contribution in [3.8, 4) is 0 Å². The van der Waals surface area contributed by atoms with Crippen molar-refractivity contribution in [1.29, 1.82) is 0 Å². The van der Waals surface area contributed by atoms with E-state index >= 15 is 0 Å². The molecule has 0 fully saturated rings. The second-order valence-electron chi connectivity index (χ2n) is 5.01. The Bertz CT molecular complexity index is 616. The van der Waals surface area contributed by atoms with Gasteiger partial charge < -0.3 is 11.1 Å². The molecule has 0 aromatic carbocycles. The van der Waals surface area contributed by atoms with E-state index in [2.05, 4.69) is 15.0 Å². The molecule has 0 unspecified atom stereocenters. The van der Waals surface area contributed by atoms with E-state index in [1.807, 2.05) is 0 Å². The summed E-state index contributed by atoms with van der Waals surface area (Å²) in [7, 11) is -3.37. The van der Waals surface area contributed by atoms with Crippen LogP contribution in [0.4, 0.5) is 5.82 Å². The van der Waals surface area contributed by atoms with Gasteiger partial charge in [-0.2, -0.15) is 0 Å². The summed E-state index contributed by atoms with van der Waals surface area (Å²) in [4.78, 5) is 15.8. The molecule has 0 aliphatic rings. The highest BCUT2D eigenvalue weighted by Crippen LogP contribution is 2.15. The molecule has 1 amide bonds. The number of nitrogens with one attached hydrogen (secondary N) is 2. The molecule has 0 saturated heterocycles. The van der Waals surface area contributed by atoms with Gasteiger partial charge in [0, 0.05) is 12.1 Å². The molecular formula is C11H17ClN4O3S. The maximum Gasteiger partial charge on any atom is 0.271 e. The minimum atomic E-state index is -3.37. The minimum Gasteiger partial charge on any atom is -0.384 e. The van der Waals surface area contributed by atoms with Crippen LogP contribution in [0.15, 0.2) is 12.1 Å². The van der Waals surface area contributed by atoms with E-state index in [1.54, 1.807) is 13.8 Å². The Morgan fingerprint density at radius 2 is 2.05 bits per heavy atom. The lowest BCUT2D eigenvalue weighted by Gasteiger charge is -2.25. The first-order valence-corrected chi connectivity index (χ1v) is 7.96. The van der Waals surface area contributed by atoms with Crippen LogP contribution in [0.3, 0.4) is 0 Å². The number of nitrogens with zero attached hydrogens (tertiary/aromatic N) is 1. The molecule has 0 saturated carbocycles. The Kier molecular flexibility index (Phi) is 4.95. The van der Waals surface area contributed by atoms with Crippen LogP contribution in [0.1, 0.15) is 24.3 Å².